The highest BCUT2D eigenvalue weighted by Crippen LogP contribution is 2.20. The van der Waals surface area contributed by atoms with E-state index in [2.05, 4.69) is 12.2 Å². The van der Waals surface area contributed by atoms with Gasteiger partial charge in [-0.15, -0.1) is 0 Å². The van der Waals surface area contributed by atoms with Crippen molar-refractivity contribution < 1.29 is 23.5 Å². The van der Waals surface area contributed by atoms with Gasteiger partial charge in [0.1, 0.15) is 0 Å². The Balaban J connectivity index is 1.64. The summed E-state index contributed by atoms with van der Waals surface area (Å²) >= 11 is 0. The summed E-state index contributed by atoms with van der Waals surface area (Å²) in [5.74, 6) is -0.411. The summed E-state index contributed by atoms with van der Waals surface area (Å²) in [5.41, 5.74) is 1.52. The summed E-state index contributed by atoms with van der Waals surface area (Å²) in [6, 6.07) is 8.04. The van der Waals surface area contributed by atoms with Crippen LogP contribution < -0.4 is 5.32 Å². The van der Waals surface area contributed by atoms with E-state index >= 15 is 0 Å². The van der Waals surface area contributed by atoms with E-state index in [9.17, 15) is 14.4 Å². The fourth-order valence-corrected chi connectivity index (χ4v) is 3.24. The molecule has 0 saturated carbocycles. The predicted octanol–water partition coefficient (Wildman–Crippen LogP) is 3.64. The second-order valence-corrected chi connectivity index (χ2v) is 7.52. The number of nitrogens with one attached hydrogen (secondary N) is 1. The number of hydrogen-bond acceptors (Lipinski definition) is 5. The van der Waals surface area contributed by atoms with Gasteiger partial charge in [0.25, 0.3) is 11.8 Å². The van der Waals surface area contributed by atoms with Gasteiger partial charge in [0.2, 0.25) is 0 Å². The lowest BCUT2D eigenvalue weighted by atomic mass is 9.99. The number of furan rings is 1. The first-order chi connectivity index (χ1) is 13.8. The highest BCUT2D eigenvalue weighted by atomic mass is 16.5. The molecule has 1 aromatic heterocycles. The van der Waals surface area contributed by atoms with Crippen molar-refractivity contribution in [3.05, 3.63) is 53.5 Å². The van der Waals surface area contributed by atoms with Gasteiger partial charge in [0, 0.05) is 18.8 Å². The van der Waals surface area contributed by atoms with Gasteiger partial charge in [-0.05, 0) is 62.4 Å². The molecule has 2 heterocycles. The van der Waals surface area contributed by atoms with Crippen molar-refractivity contribution in [1.82, 2.24) is 4.90 Å². The van der Waals surface area contributed by atoms with Crippen LogP contribution in [0.5, 0.6) is 0 Å². The summed E-state index contributed by atoms with van der Waals surface area (Å²) in [6.07, 6.45) is 2.47. The molecule has 29 heavy (non-hydrogen) atoms. The SMILES string of the molecule is Cc1ccc(C(=O)O[C@@H](C)C(=O)N2CCC(C)CC2)cc1NC(=O)c1ccco1. The number of ether oxygens (including phenoxy) is 1. The zero-order chi connectivity index (χ0) is 21.0. The molecule has 1 aliphatic heterocycles. The minimum atomic E-state index is -0.863. The van der Waals surface area contributed by atoms with Crippen LogP contribution in [0, 0.1) is 12.8 Å². The van der Waals surface area contributed by atoms with Crippen LogP contribution in [0.4, 0.5) is 5.69 Å². The van der Waals surface area contributed by atoms with Gasteiger partial charge < -0.3 is 19.4 Å². The highest BCUT2D eigenvalue weighted by molar-refractivity contribution is 6.03. The van der Waals surface area contributed by atoms with Crippen molar-refractivity contribution in [2.75, 3.05) is 18.4 Å². The van der Waals surface area contributed by atoms with E-state index in [1.807, 2.05) is 6.92 Å². The summed E-state index contributed by atoms with van der Waals surface area (Å²) in [4.78, 5) is 39.1. The van der Waals surface area contributed by atoms with E-state index in [0.717, 1.165) is 18.4 Å². The first-order valence-electron chi connectivity index (χ1n) is 9.80. The largest absolute Gasteiger partial charge is 0.459 e. The maximum atomic E-state index is 12.6. The fourth-order valence-electron chi connectivity index (χ4n) is 3.24. The maximum Gasteiger partial charge on any atom is 0.338 e. The van der Waals surface area contributed by atoms with Gasteiger partial charge in [0.05, 0.1) is 11.8 Å². The molecule has 1 atom stereocenters. The van der Waals surface area contributed by atoms with Crippen molar-refractivity contribution >= 4 is 23.5 Å². The number of esters is 1. The van der Waals surface area contributed by atoms with Gasteiger partial charge in [-0.2, -0.15) is 0 Å². The average molecular weight is 398 g/mol. The summed E-state index contributed by atoms with van der Waals surface area (Å²) < 4.78 is 10.5. The van der Waals surface area contributed by atoms with E-state index < -0.39 is 18.0 Å². The molecule has 1 aromatic carbocycles. The van der Waals surface area contributed by atoms with Crippen LogP contribution in [0.2, 0.25) is 0 Å². The molecule has 0 radical (unpaired) electrons. The first-order valence-corrected chi connectivity index (χ1v) is 9.80. The molecule has 1 N–H and O–H groups in total. The molecule has 7 heteroatoms. The Labute approximate surface area is 170 Å². The summed E-state index contributed by atoms with van der Waals surface area (Å²) in [5, 5.41) is 2.72. The minimum Gasteiger partial charge on any atom is -0.459 e. The van der Waals surface area contributed by atoms with Crippen LogP contribution in [0.15, 0.2) is 41.0 Å². The van der Waals surface area contributed by atoms with E-state index in [-0.39, 0.29) is 17.2 Å². The lowest BCUT2D eigenvalue weighted by molar-refractivity contribution is -0.141. The van der Waals surface area contributed by atoms with Gasteiger partial charge >= 0.3 is 5.97 Å². The van der Waals surface area contributed by atoms with Crippen molar-refractivity contribution in [3.63, 3.8) is 0 Å². The number of aryl methyl sites for hydroxylation is 1. The standard InChI is InChI=1S/C22H26N2O5/c1-14-8-10-24(11-9-14)21(26)16(3)29-22(27)17-7-6-15(2)18(13-17)23-20(25)19-5-4-12-28-19/h4-7,12-14,16H,8-11H2,1-3H3,(H,23,25)/t16-/m0/s1. The molecule has 1 aliphatic rings. The number of nitrogens with zero attached hydrogens (tertiary/aromatic N) is 1. The monoisotopic (exact) mass is 398 g/mol. The zero-order valence-corrected chi connectivity index (χ0v) is 16.9. The molecule has 154 valence electrons. The number of rotatable bonds is 5. The number of piperidine rings is 1. The van der Waals surface area contributed by atoms with Crippen LogP contribution in [0.3, 0.4) is 0 Å². The third-order valence-corrected chi connectivity index (χ3v) is 5.19. The quantitative estimate of drug-likeness (QED) is 0.777. The topological polar surface area (TPSA) is 88.9 Å². The van der Waals surface area contributed by atoms with Gasteiger partial charge in [-0.3, -0.25) is 9.59 Å². The molecule has 1 saturated heterocycles. The number of carbonyl (C=O) groups excluding carboxylic acids is 3. The van der Waals surface area contributed by atoms with Crippen molar-refractivity contribution in [2.45, 2.75) is 39.7 Å². The Kier molecular flexibility index (Phi) is 6.36. The zero-order valence-electron chi connectivity index (χ0n) is 16.9. The predicted molar refractivity (Wildman–Crippen MR) is 108 cm³/mol. The Morgan fingerprint density at radius 3 is 2.59 bits per heavy atom. The van der Waals surface area contributed by atoms with Crippen LogP contribution in [0.1, 0.15) is 53.2 Å². The van der Waals surface area contributed by atoms with Crippen LogP contribution in [-0.2, 0) is 9.53 Å². The summed E-state index contributed by atoms with van der Waals surface area (Å²) in [6.45, 7) is 6.96. The molecule has 2 amide bonds. The lowest BCUT2D eigenvalue weighted by Crippen LogP contribution is -2.44. The second kappa shape index (κ2) is 8.94. The number of carbonyl (C=O) groups is 3. The van der Waals surface area contributed by atoms with Gasteiger partial charge in [-0.25, -0.2) is 4.79 Å². The Morgan fingerprint density at radius 1 is 1.21 bits per heavy atom. The van der Waals surface area contributed by atoms with Gasteiger partial charge in [0.15, 0.2) is 11.9 Å². The molecule has 1 fully saturated rings. The highest BCUT2D eigenvalue weighted by Gasteiger charge is 2.27. The average Bonchev–Trinajstić information content (AvgIpc) is 3.24. The molecule has 0 spiro atoms. The molecule has 3 rings (SSSR count). The lowest BCUT2D eigenvalue weighted by Gasteiger charge is -2.31. The number of amides is 2. The molecule has 0 unspecified atom stereocenters. The molecule has 2 aromatic rings. The number of likely N-dealkylation sites (tertiary alicyclic amines) is 1. The smallest absolute Gasteiger partial charge is 0.338 e. The molecular formula is C22H26N2O5. The van der Waals surface area contributed by atoms with Crippen molar-refractivity contribution in [2.24, 2.45) is 5.92 Å². The Hall–Kier alpha value is -3.09. The van der Waals surface area contributed by atoms with Crippen LogP contribution in [-0.4, -0.2) is 41.9 Å². The third-order valence-electron chi connectivity index (χ3n) is 5.19. The van der Waals surface area contributed by atoms with Crippen LogP contribution >= 0.6 is 0 Å². The number of benzene rings is 1. The van der Waals surface area contributed by atoms with E-state index in [1.165, 1.54) is 12.3 Å². The third kappa shape index (κ3) is 5.04. The number of anilines is 1. The fraction of sp³-hybridized carbons (Fsp3) is 0.409. The van der Waals surface area contributed by atoms with E-state index in [0.29, 0.717) is 24.7 Å². The first kappa shape index (κ1) is 20.6. The molecule has 7 nitrogen and oxygen atoms in total. The van der Waals surface area contributed by atoms with Gasteiger partial charge in [-0.1, -0.05) is 13.0 Å². The molecule has 0 bridgehead atoms. The Morgan fingerprint density at radius 2 is 1.93 bits per heavy atom. The van der Waals surface area contributed by atoms with Crippen LogP contribution in [0.25, 0.3) is 0 Å². The Bertz CT molecular complexity index is 883. The summed E-state index contributed by atoms with van der Waals surface area (Å²) in [7, 11) is 0. The second-order valence-electron chi connectivity index (χ2n) is 7.52. The minimum absolute atomic E-state index is 0.174. The molecule has 0 aliphatic carbocycles. The van der Waals surface area contributed by atoms with Crippen molar-refractivity contribution in [1.29, 1.82) is 0 Å². The van der Waals surface area contributed by atoms with E-state index in [4.69, 9.17) is 9.15 Å². The normalized spacial score (nSPS) is 15.6. The number of hydrogen-bond donors (Lipinski definition) is 1. The molecular weight excluding hydrogens is 372 g/mol. The maximum absolute atomic E-state index is 12.6. The van der Waals surface area contributed by atoms with E-state index in [1.54, 1.807) is 36.1 Å². The van der Waals surface area contributed by atoms with Crippen molar-refractivity contribution in [3.8, 4) is 0 Å².